The molecule has 2 aliphatic rings. The summed E-state index contributed by atoms with van der Waals surface area (Å²) in [5, 5.41) is 11.1. The molecule has 9 heteroatoms. The first-order valence-corrected chi connectivity index (χ1v) is 12.1. The van der Waals surface area contributed by atoms with Crippen molar-refractivity contribution in [3.63, 3.8) is 0 Å². The highest BCUT2D eigenvalue weighted by Crippen LogP contribution is 2.32. The minimum Gasteiger partial charge on any atom is -0.346 e. The largest absolute Gasteiger partial charge is 0.346 e. The number of aromatic nitrogens is 3. The van der Waals surface area contributed by atoms with Crippen molar-refractivity contribution in [1.29, 1.82) is 0 Å². The number of rotatable bonds is 4. The monoisotopic (exact) mass is 463 g/mol. The maximum atomic E-state index is 13.3. The fraction of sp³-hybridized carbons (Fsp3) is 0.375. The fourth-order valence-corrected chi connectivity index (χ4v) is 5.83. The molecule has 0 fully saturated rings. The van der Waals surface area contributed by atoms with Gasteiger partial charge in [-0.15, -0.1) is 11.3 Å². The van der Waals surface area contributed by atoms with Crippen LogP contribution >= 0.6 is 11.3 Å². The van der Waals surface area contributed by atoms with Crippen LogP contribution in [0.15, 0.2) is 28.5 Å². The van der Waals surface area contributed by atoms with Gasteiger partial charge in [0.25, 0.3) is 17.4 Å². The molecule has 0 saturated carbocycles. The first-order chi connectivity index (χ1) is 16.0. The van der Waals surface area contributed by atoms with Crippen molar-refractivity contribution in [3.8, 4) is 0 Å². The summed E-state index contributed by atoms with van der Waals surface area (Å²) in [7, 11) is 0. The van der Waals surface area contributed by atoms with E-state index >= 15 is 0 Å². The Kier molecular flexibility index (Phi) is 5.80. The molecule has 0 bridgehead atoms. The van der Waals surface area contributed by atoms with Gasteiger partial charge in [0, 0.05) is 37.6 Å². The lowest BCUT2D eigenvalue weighted by atomic mass is 9.92. The molecule has 1 aliphatic heterocycles. The number of fused-ring (bicyclic) bond motifs is 2. The average molecular weight is 464 g/mol. The second-order valence-corrected chi connectivity index (χ2v) is 9.45. The number of aromatic amines is 1. The van der Waals surface area contributed by atoms with E-state index in [1.807, 2.05) is 18.0 Å². The minimum atomic E-state index is -0.363. The van der Waals surface area contributed by atoms with Crippen LogP contribution in [-0.4, -0.2) is 38.4 Å². The van der Waals surface area contributed by atoms with E-state index in [0.29, 0.717) is 19.6 Å². The molecule has 3 aromatic heterocycles. The molecule has 1 aliphatic carbocycles. The topological polar surface area (TPSA) is 108 Å². The van der Waals surface area contributed by atoms with E-state index in [1.54, 1.807) is 11.3 Å². The van der Waals surface area contributed by atoms with Crippen molar-refractivity contribution in [3.05, 3.63) is 78.1 Å². The van der Waals surface area contributed by atoms with Gasteiger partial charge in [-0.2, -0.15) is 5.10 Å². The number of hydrogen-bond acceptors (Lipinski definition) is 6. The Labute approximate surface area is 195 Å². The SMILES string of the molecule is Cc1ncc2c(c1CNC(=O)c1ccc(=O)[nH]n1)CCN(C(=O)c1scc3c1CCCC3)C2. The lowest BCUT2D eigenvalue weighted by molar-refractivity contribution is 0.0737. The van der Waals surface area contributed by atoms with Gasteiger partial charge in [-0.25, -0.2) is 5.10 Å². The highest BCUT2D eigenvalue weighted by atomic mass is 32.1. The smallest absolute Gasteiger partial charge is 0.271 e. The summed E-state index contributed by atoms with van der Waals surface area (Å²) in [5.41, 5.74) is 6.41. The number of carbonyl (C=O) groups excluding carboxylic acids is 2. The molecule has 8 nitrogen and oxygen atoms in total. The number of nitrogens with one attached hydrogen (secondary N) is 2. The fourth-order valence-electron chi connectivity index (χ4n) is 4.70. The molecule has 2 amide bonds. The van der Waals surface area contributed by atoms with E-state index in [0.717, 1.165) is 52.9 Å². The van der Waals surface area contributed by atoms with Crippen molar-refractivity contribution in [2.75, 3.05) is 6.54 Å². The third-order valence-corrected chi connectivity index (χ3v) is 7.58. The Hall–Kier alpha value is -3.33. The van der Waals surface area contributed by atoms with Crippen LogP contribution in [0.4, 0.5) is 0 Å². The lowest BCUT2D eigenvalue weighted by Crippen LogP contribution is -2.37. The number of pyridine rings is 1. The molecular formula is C24H25N5O3S. The molecule has 4 heterocycles. The van der Waals surface area contributed by atoms with Crippen LogP contribution in [0.3, 0.4) is 0 Å². The summed E-state index contributed by atoms with van der Waals surface area (Å²) in [6.07, 6.45) is 7.01. The summed E-state index contributed by atoms with van der Waals surface area (Å²) < 4.78 is 0. The van der Waals surface area contributed by atoms with Crippen LogP contribution in [0.5, 0.6) is 0 Å². The van der Waals surface area contributed by atoms with Gasteiger partial charge in [-0.1, -0.05) is 0 Å². The predicted molar refractivity (Wildman–Crippen MR) is 124 cm³/mol. The van der Waals surface area contributed by atoms with Gasteiger partial charge in [0.2, 0.25) is 0 Å². The van der Waals surface area contributed by atoms with E-state index in [2.05, 4.69) is 25.9 Å². The van der Waals surface area contributed by atoms with E-state index < -0.39 is 0 Å². The maximum absolute atomic E-state index is 13.3. The second kappa shape index (κ2) is 8.90. The van der Waals surface area contributed by atoms with Crippen LogP contribution in [0.2, 0.25) is 0 Å². The summed E-state index contributed by atoms with van der Waals surface area (Å²) in [6, 6.07) is 2.67. The van der Waals surface area contributed by atoms with Gasteiger partial charge in [0.05, 0.1) is 4.88 Å². The number of thiophene rings is 1. The minimum absolute atomic E-state index is 0.119. The Morgan fingerprint density at radius 3 is 2.82 bits per heavy atom. The van der Waals surface area contributed by atoms with Gasteiger partial charge in [0.1, 0.15) is 5.69 Å². The van der Waals surface area contributed by atoms with Crippen molar-refractivity contribution in [2.45, 2.75) is 52.1 Å². The van der Waals surface area contributed by atoms with Crippen LogP contribution in [0.1, 0.15) is 66.5 Å². The zero-order valence-electron chi connectivity index (χ0n) is 18.4. The first kappa shape index (κ1) is 21.5. The van der Waals surface area contributed by atoms with Crippen molar-refractivity contribution >= 4 is 23.2 Å². The molecule has 3 aromatic rings. The lowest BCUT2D eigenvalue weighted by Gasteiger charge is -2.30. The average Bonchev–Trinajstić information content (AvgIpc) is 3.27. The van der Waals surface area contributed by atoms with Crippen molar-refractivity contribution in [2.24, 2.45) is 0 Å². The van der Waals surface area contributed by atoms with Crippen LogP contribution in [0, 0.1) is 6.92 Å². The highest BCUT2D eigenvalue weighted by molar-refractivity contribution is 7.12. The Morgan fingerprint density at radius 2 is 2.00 bits per heavy atom. The number of aryl methyl sites for hydroxylation is 2. The van der Waals surface area contributed by atoms with Crippen molar-refractivity contribution in [1.82, 2.24) is 25.4 Å². The van der Waals surface area contributed by atoms with Crippen LogP contribution in [0.25, 0.3) is 0 Å². The molecular weight excluding hydrogens is 438 g/mol. The standard InChI is InChI=1S/C24H25N5O3S/c1-14-19(11-26-23(31)20-6-7-21(30)28-27-20)17-8-9-29(12-16(17)10-25-14)24(32)22-18-5-3-2-4-15(18)13-33-22/h6-7,10,13H,2-5,8-9,11-12H2,1H3,(H,26,31)(H,28,30). The van der Waals surface area contributed by atoms with E-state index in [-0.39, 0.29) is 23.1 Å². The Balaban J connectivity index is 1.32. The van der Waals surface area contributed by atoms with Gasteiger partial charge < -0.3 is 10.2 Å². The Bertz CT molecular complexity index is 1280. The molecule has 2 N–H and O–H groups in total. The summed E-state index contributed by atoms with van der Waals surface area (Å²) in [5.74, 6) is -0.244. The quantitative estimate of drug-likeness (QED) is 0.618. The van der Waals surface area contributed by atoms with Gasteiger partial charge in [-0.05, 0) is 78.3 Å². The molecule has 5 rings (SSSR count). The zero-order chi connectivity index (χ0) is 22.9. The van der Waals surface area contributed by atoms with Gasteiger partial charge in [0.15, 0.2) is 0 Å². The van der Waals surface area contributed by atoms with Crippen LogP contribution in [-0.2, 0) is 32.4 Å². The van der Waals surface area contributed by atoms with E-state index in [1.165, 1.54) is 29.7 Å². The summed E-state index contributed by atoms with van der Waals surface area (Å²) in [6.45, 7) is 3.41. The number of H-pyrrole nitrogens is 1. The van der Waals surface area contributed by atoms with Gasteiger partial charge in [-0.3, -0.25) is 19.4 Å². The highest BCUT2D eigenvalue weighted by Gasteiger charge is 2.28. The zero-order valence-corrected chi connectivity index (χ0v) is 19.3. The first-order valence-electron chi connectivity index (χ1n) is 11.2. The molecule has 170 valence electrons. The number of amides is 2. The molecule has 0 saturated heterocycles. The van der Waals surface area contributed by atoms with E-state index in [9.17, 15) is 14.4 Å². The van der Waals surface area contributed by atoms with Crippen molar-refractivity contribution < 1.29 is 9.59 Å². The molecule has 33 heavy (non-hydrogen) atoms. The summed E-state index contributed by atoms with van der Waals surface area (Å²) >= 11 is 1.58. The Morgan fingerprint density at radius 1 is 1.15 bits per heavy atom. The summed E-state index contributed by atoms with van der Waals surface area (Å²) in [4.78, 5) is 44.3. The third-order valence-electron chi connectivity index (χ3n) is 6.52. The number of nitrogens with zero attached hydrogens (tertiary/aromatic N) is 3. The van der Waals surface area contributed by atoms with E-state index in [4.69, 9.17) is 0 Å². The number of carbonyl (C=O) groups is 2. The third kappa shape index (κ3) is 4.20. The molecule has 0 spiro atoms. The predicted octanol–water partition coefficient (Wildman–Crippen LogP) is 2.54. The normalized spacial score (nSPS) is 15.0. The molecule has 0 aromatic carbocycles. The molecule has 0 atom stereocenters. The number of hydrogen-bond donors (Lipinski definition) is 2. The maximum Gasteiger partial charge on any atom is 0.271 e. The van der Waals surface area contributed by atoms with Crippen LogP contribution < -0.4 is 10.9 Å². The second-order valence-electron chi connectivity index (χ2n) is 8.57. The molecule has 0 radical (unpaired) electrons. The molecule has 0 unspecified atom stereocenters. The van der Waals surface area contributed by atoms with Gasteiger partial charge >= 0.3 is 0 Å².